The first kappa shape index (κ1) is 18.7. The smallest absolute Gasteiger partial charge is 0.340 e. The van der Waals surface area contributed by atoms with E-state index in [2.05, 4.69) is 5.32 Å². The van der Waals surface area contributed by atoms with Crippen molar-refractivity contribution in [2.24, 2.45) is 0 Å². The molecule has 1 saturated heterocycles. The third-order valence-corrected chi connectivity index (χ3v) is 5.00. The molecule has 1 aliphatic rings. The fraction of sp³-hybridized carbons (Fsp3) is 0.227. The van der Waals surface area contributed by atoms with Gasteiger partial charge in [-0.1, -0.05) is 30.3 Å². The van der Waals surface area contributed by atoms with E-state index in [1.54, 1.807) is 12.1 Å². The van der Waals surface area contributed by atoms with Gasteiger partial charge in [-0.05, 0) is 30.2 Å². The van der Waals surface area contributed by atoms with Crippen LogP contribution in [0.25, 0.3) is 11.0 Å². The molecule has 0 unspecified atom stereocenters. The van der Waals surface area contributed by atoms with Crippen LogP contribution in [0.5, 0.6) is 5.75 Å². The Morgan fingerprint density at radius 3 is 2.69 bits per heavy atom. The van der Waals surface area contributed by atoms with Gasteiger partial charge in [0.05, 0.1) is 0 Å². The van der Waals surface area contributed by atoms with Crippen molar-refractivity contribution in [2.75, 3.05) is 19.7 Å². The Morgan fingerprint density at radius 2 is 1.97 bits per heavy atom. The average molecular weight is 392 g/mol. The van der Waals surface area contributed by atoms with Crippen LogP contribution in [0, 0.1) is 6.92 Å². The number of carbonyl (C=O) groups is 2. The zero-order valence-corrected chi connectivity index (χ0v) is 15.9. The van der Waals surface area contributed by atoms with Gasteiger partial charge in [-0.15, -0.1) is 0 Å². The fourth-order valence-electron chi connectivity index (χ4n) is 3.40. The fourth-order valence-corrected chi connectivity index (χ4v) is 3.40. The molecule has 1 fully saturated rings. The van der Waals surface area contributed by atoms with Gasteiger partial charge in [-0.2, -0.15) is 0 Å². The van der Waals surface area contributed by atoms with E-state index in [4.69, 9.17) is 9.15 Å². The Morgan fingerprint density at radius 1 is 1.17 bits per heavy atom. The number of hydrogen-bond acceptors (Lipinski definition) is 5. The topological polar surface area (TPSA) is 88.8 Å². The van der Waals surface area contributed by atoms with Gasteiger partial charge in [0.1, 0.15) is 11.3 Å². The van der Waals surface area contributed by atoms with Gasteiger partial charge >= 0.3 is 11.7 Å². The Kier molecular flexibility index (Phi) is 5.03. The summed E-state index contributed by atoms with van der Waals surface area (Å²) in [7, 11) is 0. The highest BCUT2D eigenvalue weighted by Gasteiger charge is 2.26. The number of aryl methyl sites for hydroxylation is 1. The van der Waals surface area contributed by atoms with Crippen molar-refractivity contribution in [3.63, 3.8) is 0 Å². The molecule has 0 radical (unpaired) electrons. The molecule has 0 aliphatic carbocycles. The molecule has 148 valence electrons. The molecule has 0 spiro atoms. The molecule has 4 rings (SSSR count). The maximum Gasteiger partial charge on any atom is 0.340 e. The monoisotopic (exact) mass is 392 g/mol. The second-order valence-electron chi connectivity index (χ2n) is 6.88. The van der Waals surface area contributed by atoms with Crippen LogP contribution in [0.15, 0.2) is 57.7 Å². The molecule has 7 nitrogen and oxygen atoms in total. The standard InChI is InChI=1S/C22H20N2O5/c1-14-17-8-7-16(28-13-20(25)24-10-9-23-22(24)27)12-19(17)29-21(26)18(14)11-15-5-3-2-4-6-15/h2-8,12H,9-11,13H2,1H3,(H,23,27). The summed E-state index contributed by atoms with van der Waals surface area (Å²) in [5, 5.41) is 3.38. The lowest BCUT2D eigenvalue weighted by atomic mass is 10.00. The lowest BCUT2D eigenvalue weighted by Gasteiger charge is -2.13. The summed E-state index contributed by atoms with van der Waals surface area (Å²) in [5.41, 5.74) is 2.52. The number of rotatable bonds is 5. The van der Waals surface area contributed by atoms with Crippen LogP contribution in [0.2, 0.25) is 0 Å². The zero-order valence-electron chi connectivity index (χ0n) is 15.9. The minimum Gasteiger partial charge on any atom is -0.484 e. The van der Waals surface area contributed by atoms with E-state index in [9.17, 15) is 14.4 Å². The lowest BCUT2D eigenvalue weighted by molar-refractivity contribution is -0.129. The Bertz CT molecular complexity index is 1140. The summed E-state index contributed by atoms with van der Waals surface area (Å²) in [6.45, 7) is 2.40. The van der Waals surface area contributed by atoms with E-state index in [-0.39, 0.29) is 12.2 Å². The van der Waals surface area contributed by atoms with Crippen LogP contribution in [0.1, 0.15) is 16.7 Å². The highest BCUT2D eigenvalue weighted by Crippen LogP contribution is 2.25. The van der Waals surface area contributed by atoms with Crippen LogP contribution in [-0.2, 0) is 11.2 Å². The van der Waals surface area contributed by atoms with Gasteiger partial charge in [-0.3, -0.25) is 9.69 Å². The number of nitrogens with zero attached hydrogens (tertiary/aromatic N) is 1. The van der Waals surface area contributed by atoms with Crippen LogP contribution >= 0.6 is 0 Å². The van der Waals surface area contributed by atoms with E-state index in [0.29, 0.717) is 36.4 Å². The first-order valence-corrected chi connectivity index (χ1v) is 9.34. The minimum absolute atomic E-state index is 0.270. The molecular weight excluding hydrogens is 372 g/mol. The van der Waals surface area contributed by atoms with Crippen molar-refractivity contribution >= 4 is 22.9 Å². The summed E-state index contributed by atoms with van der Waals surface area (Å²) in [4.78, 5) is 37.3. The number of fused-ring (bicyclic) bond motifs is 1. The molecule has 0 atom stereocenters. The highest BCUT2D eigenvalue weighted by atomic mass is 16.5. The number of urea groups is 1. The predicted octanol–water partition coefficient (Wildman–Crippen LogP) is 2.62. The molecule has 2 aromatic carbocycles. The molecule has 1 N–H and O–H groups in total. The number of imide groups is 1. The molecule has 29 heavy (non-hydrogen) atoms. The second-order valence-corrected chi connectivity index (χ2v) is 6.88. The van der Waals surface area contributed by atoms with Crippen molar-refractivity contribution in [2.45, 2.75) is 13.3 Å². The summed E-state index contributed by atoms with van der Waals surface area (Å²) >= 11 is 0. The van der Waals surface area contributed by atoms with Gasteiger partial charge in [0.15, 0.2) is 6.61 Å². The first-order chi connectivity index (χ1) is 14.0. The quantitative estimate of drug-likeness (QED) is 0.675. The van der Waals surface area contributed by atoms with Crippen molar-refractivity contribution in [3.8, 4) is 5.75 Å². The largest absolute Gasteiger partial charge is 0.484 e. The van der Waals surface area contributed by atoms with Crippen LogP contribution in [0.4, 0.5) is 4.79 Å². The zero-order chi connectivity index (χ0) is 20.4. The highest BCUT2D eigenvalue weighted by molar-refractivity contribution is 5.96. The second kappa shape index (κ2) is 7.79. The van der Waals surface area contributed by atoms with Crippen molar-refractivity contribution in [3.05, 3.63) is 75.6 Å². The number of amides is 3. The number of carbonyl (C=O) groups excluding carboxylic acids is 2. The summed E-state index contributed by atoms with van der Waals surface area (Å²) in [5.74, 6) is -0.0280. The number of ether oxygens (including phenoxy) is 1. The van der Waals surface area contributed by atoms with E-state index in [0.717, 1.165) is 21.4 Å². The SMILES string of the molecule is Cc1c(Cc2ccccc2)c(=O)oc2cc(OCC(=O)N3CCNC3=O)ccc12. The van der Waals surface area contributed by atoms with Crippen LogP contribution in [0.3, 0.4) is 0 Å². The molecule has 0 saturated carbocycles. The third-order valence-electron chi connectivity index (χ3n) is 5.00. The Balaban J connectivity index is 1.55. The van der Waals surface area contributed by atoms with E-state index < -0.39 is 11.9 Å². The van der Waals surface area contributed by atoms with Crippen molar-refractivity contribution in [1.29, 1.82) is 0 Å². The molecule has 0 bridgehead atoms. The van der Waals surface area contributed by atoms with Gasteiger partial charge in [0, 0.05) is 36.5 Å². The van der Waals surface area contributed by atoms with E-state index in [1.165, 1.54) is 0 Å². The summed E-state index contributed by atoms with van der Waals surface area (Å²) in [6, 6.07) is 14.5. The Labute approximate surface area is 166 Å². The van der Waals surface area contributed by atoms with Crippen LogP contribution < -0.4 is 15.7 Å². The van der Waals surface area contributed by atoms with Crippen molar-refractivity contribution < 1.29 is 18.7 Å². The molecule has 3 amide bonds. The third kappa shape index (κ3) is 3.85. The Hall–Kier alpha value is -3.61. The molecule has 2 heterocycles. The minimum atomic E-state index is -0.420. The first-order valence-electron chi connectivity index (χ1n) is 9.34. The van der Waals surface area contributed by atoms with E-state index in [1.807, 2.05) is 43.3 Å². The van der Waals surface area contributed by atoms with Gasteiger partial charge in [0.2, 0.25) is 0 Å². The van der Waals surface area contributed by atoms with Crippen LogP contribution in [-0.4, -0.2) is 36.5 Å². The van der Waals surface area contributed by atoms with Gasteiger partial charge in [-0.25, -0.2) is 9.59 Å². The number of nitrogens with one attached hydrogen (secondary N) is 1. The molecule has 1 aliphatic heterocycles. The predicted molar refractivity (Wildman–Crippen MR) is 107 cm³/mol. The molecule has 3 aromatic rings. The lowest BCUT2D eigenvalue weighted by Crippen LogP contribution is -2.37. The molecule has 7 heteroatoms. The van der Waals surface area contributed by atoms with Crippen molar-refractivity contribution in [1.82, 2.24) is 10.2 Å². The molecule has 1 aromatic heterocycles. The number of benzene rings is 2. The van der Waals surface area contributed by atoms with E-state index >= 15 is 0 Å². The summed E-state index contributed by atoms with van der Waals surface area (Å²) < 4.78 is 11.0. The maximum atomic E-state index is 12.5. The summed E-state index contributed by atoms with van der Waals surface area (Å²) in [6.07, 6.45) is 0.496. The molecular formula is C22H20N2O5. The maximum absolute atomic E-state index is 12.5. The van der Waals surface area contributed by atoms with Gasteiger partial charge in [0.25, 0.3) is 5.91 Å². The van der Waals surface area contributed by atoms with Gasteiger partial charge < -0.3 is 14.5 Å². The number of hydrogen-bond donors (Lipinski definition) is 1. The normalized spacial score (nSPS) is 13.6. The average Bonchev–Trinajstić information content (AvgIpc) is 3.16.